The van der Waals surface area contributed by atoms with Crippen LogP contribution in [0.1, 0.15) is 35.0 Å². The third-order valence-corrected chi connectivity index (χ3v) is 7.99. The van der Waals surface area contributed by atoms with Crippen LogP contribution in [0.4, 0.5) is 19.2 Å². The van der Waals surface area contributed by atoms with Crippen LogP contribution in [-0.4, -0.2) is 49.4 Å². The van der Waals surface area contributed by atoms with E-state index in [1.54, 1.807) is 42.9 Å². The number of methoxy groups -OCH3 is 1. The Morgan fingerprint density at radius 3 is 2.46 bits per heavy atom. The Balaban J connectivity index is 1.33. The van der Waals surface area contributed by atoms with Crippen molar-refractivity contribution in [2.45, 2.75) is 26.1 Å². The number of esters is 1. The molecule has 0 N–H and O–H groups in total. The van der Waals surface area contributed by atoms with Crippen LogP contribution < -0.4 is 14.4 Å². The summed E-state index contributed by atoms with van der Waals surface area (Å²) in [6.07, 6.45) is -3.83. The van der Waals surface area contributed by atoms with Gasteiger partial charge in [-0.1, -0.05) is 36.4 Å². The minimum absolute atomic E-state index is 0.00703. The number of oxazole rings is 1. The zero-order valence-electron chi connectivity index (χ0n) is 26.7. The molecule has 0 atom stereocenters. The Bertz CT molecular complexity index is 2020. The lowest BCUT2D eigenvalue weighted by molar-refractivity contribution is -0.137. The number of halogens is 3. The Labute approximate surface area is 275 Å². The van der Waals surface area contributed by atoms with E-state index < -0.39 is 17.7 Å². The van der Waals surface area contributed by atoms with Crippen LogP contribution in [-0.2, 0) is 17.5 Å². The topological polar surface area (TPSA) is 79.0 Å². The summed E-state index contributed by atoms with van der Waals surface area (Å²) in [7, 11) is 3.47. The van der Waals surface area contributed by atoms with Gasteiger partial charge in [0, 0.05) is 36.6 Å². The molecule has 0 radical (unpaired) electrons. The molecule has 0 saturated carbocycles. The quantitative estimate of drug-likeness (QED) is 0.0963. The second-order valence-electron chi connectivity index (χ2n) is 11.2. The number of carbonyl (C=O) groups excluding carboxylic acids is 1. The van der Waals surface area contributed by atoms with E-state index in [-0.39, 0.29) is 18.8 Å². The number of carbonyl (C=O) groups is 1. The van der Waals surface area contributed by atoms with Crippen LogP contribution in [0.5, 0.6) is 11.5 Å². The van der Waals surface area contributed by atoms with Crippen LogP contribution in [0.25, 0.3) is 33.1 Å². The molecule has 4 aromatic carbocycles. The minimum atomic E-state index is -4.50. The molecule has 0 aliphatic heterocycles. The zero-order valence-corrected chi connectivity index (χ0v) is 26.7. The molecule has 0 bridgehead atoms. The van der Waals surface area contributed by atoms with Crippen LogP contribution in [0, 0.1) is 0 Å². The highest BCUT2D eigenvalue weighted by Gasteiger charge is 2.31. The number of aromatic nitrogens is 2. The summed E-state index contributed by atoms with van der Waals surface area (Å²) in [6, 6.07) is 25.9. The van der Waals surface area contributed by atoms with Crippen molar-refractivity contribution in [3.8, 4) is 22.6 Å². The van der Waals surface area contributed by atoms with Gasteiger partial charge in [0.1, 0.15) is 22.7 Å². The number of anilines is 1. The number of benzene rings is 4. The first-order valence-electron chi connectivity index (χ1n) is 15.5. The normalized spacial score (nSPS) is 11.6. The SMILES string of the molecule is CCOC(=O)c1c(-c2ccc(OC)cc2)c2cc(OCCCN(C)c3nc4ccccc4o3)ccc2n1Cc1cccc(C(F)(F)F)c1. The third kappa shape index (κ3) is 6.80. The standard InChI is InChI=1S/C37H34F3N3O5/c1-4-46-35(44)34-33(25-13-15-27(45-3)16-14-25)29-22-28(47-20-8-19-42(2)36-41-30-11-5-6-12-32(30)48-36)17-18-31(29)43(34)23-24-9-7-10-26(21-24)37(38,39)40/h5-7,9-18,21-22H,4,8,19-20,23H2,1-3H3. The van der Waals surface area contributed by atoms with Gasteiger partial charge < -0.3 is 28.1 Å². The van der Waals surface area contributed by atoms with Gasteiger partial charge in [0.05, 0.1) is 25.9 Å². The molecule has 0 unspecified atom stereocenters. The number of alkyl halides is 3. The highest BCUT2D eigenvalue weighted by atomic mass is 19.4. The Kier molecular flexibility index (Phi) is 9.29. The van der Waals surface area contributed by atoms with Crippen LogP contribution in [0.2, 0.25) is 0 Å². The highest BCUT2D eigenvalue weighted by Crippen LogP contribution is 2.39. The summed E-state index contributed by atoms with van der Waals surface area (Å²) in [5, 5.41) is 0.691. The summed E-state index contributed by atoms with van der Waals surface area (Å²) in [5.41, 5.74) is 3.30. The maximum atomic E-state index is 13.6. The molecule has 48 heavy (non-hydrogen) atoms. The van der Waals surface area contributed by atoms with Crippen molar-refractivity contribution in [1.82, 2.24) is 9.55 Å². The first kappa shape index (κ1) is 32.5. The van der Waals surface area contributed by atoms with E-state index in [4.69, 9.17) is 18.6 Å². The van der Waals surface area contributed by atoms with Gasteiger partial charge in [-0.3, -0.25) is 0 Å². The molecule has 0 fully saturated rings. The molecule has 2 heterocycles. The molecule has 0 aliphatic carbocycles. The molecule has 8 nitrogen and oxygen atoms in total. The Hall–Kier alpha value is -5.45. The summed E-state index contributed by atoms with van der Waals surface area (Å²) in [4.78, 5) is 20.1. The summed E-state index contributed by atoms with van der Waals surface area (Å²) in [6.45, 7) is 2.86. The zero-order chi connectivity index (χ0) is 33.8. The van der Waals surface area contributed by atoms with E-state index in [0.29, 0.717) is 64.7 Å². The lowest BCUT2D eigenvalue weighted by Gasteiger charge is -2.14. The fourth-order valence-electron chi connectivity index (χ4n) is 5.69. The predicted molar refractivity (Wildman–Crippen MR) is 178 cm³/mol. The fraction of sp³-hybridized carbons (Fsp3) is 0.243. The Morgan fingerprint density at radius 1 is 0.958 bits per heavy atom. The number of nitrogens with zero attached hydrogens (tertiary/aromatic N) is 3. The maximum Gasteiger partial charge on any atom is 0.416 e. The predicted octanol–water partition coefficient (Wildman–Crippen LogP) is 8.61. The van der Waals surface area contributed by atoms with E-state index in [0.717, 1.165) is 23.2 Å². The summed E-state index contributed by atoms with van der Waals surface area (Å²) in [5.74, 6) is 0.626. The molecule has 6 aromatic rings. The van der Waals surface area contributed by atoms with E-state index in [2.05, 4.69) is 4.98 Å². The van der Waals surface area contributed by atoms with Gasteiger partial charge in [0.2, 0.25) is 0 Å². The second-order valence-corrected chi connectivity index (χ2v) is 11.2. The van der Waals surface area contributed by atoms with Gasteiger partial charge in [-0.15, -0.1) is 0 Å². The van der Waals surface area contributed by atoms with Gasteiger partial charge >= 0.3 is 12.1 Å². The lowest BCUT2D eigenvalue weighted by atomic mass is 10.0. The van der Waals surface area contributed by atoms with Crippen molar-refractivity contribution in [3.05, 3.63) is 108 Å². The third-order valence-electron chi connectivity index (χ3n) is 7.99. The molecule has 2 aromatic heterocycles. The van der Waals surface area contributed by atoms with Gasteiger partial charge in [-0.2, -0.15) is 18.2 Å². The largest absolute Gasteiger partial charge is 0.497 e. The van der Waals surface area contributed by atoms with Crippen molar-refractivity contribution in [3.63, 3.8) is 0 Å². The molecule has 0 saturated heterocycles. The molecule has 6 rings (SSSR count). The van der Waals surface area contributed by atoms with Crippen LogP contribution in [0.3, 0.4) is 0 Å². The van der Waals surface area contributed by atoms with Crippen molar-refractivity contribution in [2.75, 3.05) is 38.8 Å². The number of hydrogen-bond donors (Lipinski definition) is 0. The molecule has 11 heteroatoms. The number of rotatable bonds is 12. The van der Waals surface area contributed by atoms with E-state index in [1.807, 2.05) is 60.5 Å². The highest BCUT2D eigenvalue weighted by molar-refractivity contribution is 6.09. The van der Waals surface area contributed by atoms with Gasteiger partial charge in [0.25, 0.3) is 6.01 Å². The van der Waals surface area contributed by atoms with Gasteiger partial charge in [-0.05, 0) is 79.1 Å². The second kappa shape index (κ2) is 13.7. The van der Waals surface area contributed by atoms with Crippen molar-refractivity contribution in [1.29, 1.82) is 0 Å². The van der Waals surface area contributed by atoms with E-state index >= 15 is 0 Å². The smallest absolute Gasteiger partial charge is 0.416 e. The molecule has 0 spiro atoms. The fourth-order valence-corrected chi connectivity index (χ4v) is 5.69. The van der Waals surface area contributed by atoms with Crippen molar-refractivity contribution in [2.24, 2.45) is 0 Å². The van der Waals surface area contributed by atoms with E-state index in [9.17, 15) is 18.0 Å². The average Bonchev–Trinajstić information content (AvgIpc) is 3.66. The summed E-state index contributed by atoms with van der Waals surface area (Å²) < 4.78 is 65.3. The Morgan fingerprint density at radius 2 is 1.73 bits per heavy atom. The first-order chi connectivity index (χ1) is 23.2. The van der Waals surface area contributed by atoms with E-state index in [1.165, 1.54) is 6.07 Å². The van der Waals surface area contributed by atoms with Crippen molar-refractivity contribution >= 4 is 34.0 Å². The molecular formula is C37H34F3N3O5. The number of para-hydroxylation sites is 2. The van der Waals surface area contributed by atoms with Crippen molar-refractivity contribution < 1.29 is 36.6 Å². The maximum absolute atomic E-state index is 13.6. The number of hydrogen-bond acceptors (Lipinski definition) is 7. The molecule has 0 amide bonds. The van der Waals surface area contributed by atoms with Crippen LogP contribution in [0.15, 0.2) is 95.4 Å². The monoisotopic (exact) mass is 657 g/mol. The van der Waals surface area contributed by atoms with Crippen LogP contribution >= 0.6 is 0 Å². The lowest BCUT2D eigenvalue weighted by Crippen LogP contribution is -2.20. The molecule has 248 valence electrons. The molecular weight excluding hydrogens is 623 g/mol. The number of fused-ring (bicyclic) bond motifs is 2. The van der Waals surface area contributed by atoms with Gasteiger partial charge in [-0.25, -0.2) is 4.79 Å². The summed E-state index contributed by atoms with van der Waals surface area (Å²) >= 11 is 0. The average molecular weight is 658 g/mol. The van der Waals surface area contributed by atoms with Gasteiger partial charge in [0.15, 0.2) is 5.58 Å². The number of ether oxygens (including phenoxy) is 3. The first-order valence-corrected chi connectivity index (χ1v) is 15.5. The molecule has 0 aliphatic rings. The minimum Gasteiger partial charge on any atom is -0.497 e.